The first-order valence-corrected chi connectivity index (χ1v) is 7.02. The maximum Gasteiger partial charge on any atom is 0.163 e. The van der Waals surface area contributed by atoms with Gasteiger partial charge in [-0.25, -0.2) is 4.98 Å². The number of fused-ring (bicyclic) bond motifs is 1. The summed E-state index contributed by atoms with van der Waals surface area (Å²) in [5.74, 6) is 2.07. The van der Waals surface area contributed by atoms with Crippen molar-refractivity contribution in [3.63, 3.8) is 0 Å². The quantitative estimate of drug-likeness (QED) is 0.929. The summed E-state index contributed by atoms with van der Waals surface area (Å²) in [7, 11) is 0. The van der Waals surface area contributed by atoms with Gasteiger partial charge in [0.25, 0.3) is 0 Å². The van der Waals surface area contributed by atoms with Crippen LogP contribution in [0, 0.1) is 6.92 Å². The lowest BCUT2D eigenvalue weighted by atomic mass is 9.87. The molecular formula is C16H18N2O2. The third-order valence-corrected chi connectivity index (χ3v) is 3.83. The number of ether oxygens (including phenoxy) is 1. The predicted molar refractivity (Wildman–Crippen MR) is 76.2 cm³/mol. The molecule has 0 radical (unpaired) electrons. The van der Waals surface area contributed by atoms with Gasteiger partial charge in [-0.2, -0.15) is 0 Å². The molecule has 1 aliphatic carbocycles. The molecule has 0 atom stereocenters. The first-order valence-electron chi connectivity index (χ1n) is 7.02. The van der Waals surface area contributed by atoms with Gasteiger partial charge in [0.2, 0.25) is 0 Å². The van der Waals surface area contributed by atoms with Crippen LogP contribution in [-0.4, -0.2) is 22.4 Å². The van der Waals surface area contributed by atoms with Crippen molar-refractivity contribution in [1.82, 2.24) is 9.97 Å². The molecule has 20 heavy (non-hydrogen) atoms. The Bertz CT molecular complexity index is 618. The van der Waals surface area contributed by atoms with Crippen LogP contribution < -0.4 is 4.74 Å². The van der Waals surface area contributed by atoms with E-state index in [9.17, 15) is 4.79 Å². The van der Waals surface area contributed by atoms with Gasteiger partial charge in [-0.3, -0.25) is 4.79 Å². The van der Waals surface area contributed by atoms with E-state index in [4.69, 9.17) is 4.74 Å². The number of carbonyl (C=O) groups is 1. The highest BCUT2D eigenvalue weighted by Gasteiger charge is 2.20. The van der Waals surface area contributed by atoms with E-state index >= 15 is 0 Å². The number of carbonyl (C=O) groups excluding carboxylic acids is 1. The fourth-order valence-corrected chi connectivity index (χ4v) is 2.73. The van der Waals surface area contributed by atoms with Gasteiger partial charge in [-0.05, 0) is 43.0 Å². The Balaban J connectivity index is 1.72. The lowest BCUT2D eigenvalue weighted by molar-refractivity contribution is 0.0972. The summed E-state index contributed by atoms with van der Waals surface area (Å²) in [6.07, 6.45) is 6.90. The van der Waals surface area contributed by atoms with E-state index < -0.39 is 0 Å². The number of ketones is 1. The normalized spacial score (nSPS) is 14.2. The van der Waals surface area contributed by atoms with Crippen molar-refractivity contribution in [3.05, 3.63) is 47.0 Å². The number of hydrogen-bond donors (Lipinski definition) is 1. The van der Waals surface area contributed by atoms with Crippen molar-refractivity contribution in [2.45, 2.75) is 32.6 Å². The number of aromatic amines is 1. The molecule has 0 unspecified atom stereocenters. The van der Waals surface area contributed by atoms with Crippen LogP contribution >= 0.6 is 0 Å². The Morgan fingerprint density at radius 1 is 1.35 bits per heavy atom. The molecule has 4 heteroatoms. The summed E-state index contributed by atoms with van der Waals surface area (Å²) in [4.78, 5) is 19.1. The average Bonchev–Trinajstić information content (AvgIpc) is 2.95. The summed E-state index contributed by atoms with van der Waals surface area (Å²) in [6.45, 7) is 2.63. The lowest BCUT2D eigenvalue weighted by Crippen LogP contribution is -2.13. The highest BCUT2D eigenvalue weighted by molar-refractivity contribution is 5.99. The maximum absolute atomic E-state index is 11.9. The van der Waals surface area contributed by atoms with Gasteiger partial charge >= 0.3 is 0 Å². The minimum atomic E-state index is 0.261. The standard InChI is InChI=1S/C16H18N2O2/c1-11-12-3-2-4-14(19)13(12)5-6-15(11)20-10-7-16-17-8-9-18-16/h5-6,8-9H,2-4,7,10H2,1H3,(H,17,18). The molecular weight excluding hydrogens is 252 g/mol. The molecule has 1 heterocycles. The summed E-state index contributed by atoms with van der Waals surface area (Å²) in [5, 5.41) is 0. The SMILES string of the molecule is Cc1c(OCCc2ncc[nH]2)ccc2c1CCCC2=O. The van der Waals surface area contributed by atoms with E-state index in [2.05, 4.69) is 9.97 Å². The van der Waals surface area contributed by atoms with Crippen molar-refractivity contribution in [3.8, 4) is 5.75 Å². The molecule has 0 amide bonds. The molecule has 1 aromatic carbocycles. The second kappa shape index (κ2) is 5.49. The van der Waals surface area contributed by atoms with Crippen LogP contribution in [0.2, 0.25) is 0 Å². The topological polar surface area (TPSA) is 55.0 Å². The highest BCUT2D eigenvalue weighted by atomic mass is 16.5. The molecule has 0 saturated carbocycles. The van der Waals surface area contributed by atoms with Crippen molar-refractivity contribution in [1.29, 1.82) is 0 Å². The van der Waals surface area contributed by atoms with E-state index in [0.29, 0.717) is 13.0 Å². The second-order valence-electron chi connectivity index (χ2n) is 5.13. The molecule has 1 aromatic heterocycles. The van der Waals surface area contributed by atoms with Gasteiger partial charge < -0.3 is 9.72 Å². The van der Waals surface area contributed by atoms with Gasteiger partial charge in [0.1, 0.15) is 11.6 Å². The van der Waals surface area contributed by atoms with Crippen LogP contribution in [0.3, 0.4) is 0 Å². The fourth-order valence-electron chi connectivity index (χ4n) is 2.73. The van der Waals surface area contributed by atoms with Gasteiger partial charge in [0, 0.05) is 30.8 Å². The molecule has 0 spiro atoms. The van der Waals surface area contributed by atoms with E-state index in [1.807, 2.05) is 25.3 Å². The minimum Gasteiger partial charge on any atom is -0.493 e. The Hall–Kier alpha value is -2.10. The zero-order valence-corrected chi connectivity index (χ0v) is 11.6. The van der Waals surface area contributed by atoms with E-state index in [-0.39, 0.29) is 5.78 Å². The first kappa shape index (κ1) is 12.9. The molecule has 104 valence electrons. The third kappa shape index (κ3) is 2.46. The van der Waals surface area contributed by atoms with E-state index in [1.165, 1.54) is 0 Å². The van der Waals surface area contributed by atoms with Crippen LogP contribution in [0.5, 0.6) is 5.75 Å². The van der Waals surface area contributed by atoms with Crippen LogP contribution in [-0.2, 0) is 12.8 Å². The number of imidazole rings is 1. The Kier molecular flexibility index (Phi) is 3.54. The molecule has 3 rings (SSSR count). The second-order valence-corrected chi connectivity index (χ2v) is 5.13. The molecule has 2 aromatic rings. The minimum absolute atomic E-state index is 0.261. The Morgan fingerprint density at radius 3 is 3.05 bits per heavy atom. The van der Waals surface area contributed by atoms with Crippen molar-refractivity contribution in [2.24, 2.45) is 0 Å². The van der Waals surface area contributed by atoms with Crippen molar-refractivity contribution >= 4 is 5.78 Å². The summed E-state index contributed by atoms with van der Waals surface area (Å²) >= 11 is 0. The summed E-state index contributed by atoms with van der Waals surface area (Å²) in [6, 6.07) is 3.82. The van der Waals surface area contributed by atoms with Gasteiger partial charge in [-0.1, -0.05) is 0 Å². The molecule has 0 saturated heterocycles. The Labute approximate surface area is 118 Å². The molecule has 1 aliphatic rings. The van der Waals surface area contributed by atoms with Gasteiger partial charge in [0.05, 0.1) is 6.61 Å². The summed E-state index contributed by atoms with van der Waals surface area (Å²) < 4.78 is 5.84. The number of Topliss-reactive ketones (excluding diaryl/α,β-unsaturated/α-hetero) is 1. The number of benzene rings is 1. The zero-order valence-electron chi connectivity index (χ0n) is 11.6. The van der Waals surface area contributed by atoms with Crippen LogP contribution in [0.25, 0.3) is 0 Å². The largest absolute Gasteiger partial charge is 0.493 e. The number of nitrogens with zero attached hydrogens (tertiary/aromatic N) is 1. The smallest absolute Gasteiger partial charge is 0.163 e. The first-order chi connectivity index (χ1) is 9.75. The predicted octanol–water partition coefficient (Wildman–Crippen LogP) is 2.86. The fraction of sp³-hybridized carbons (Fsp3) is 0.375. The van der Waals surface area contributed by atoms with Crippen molar-refractivity contribution < 1.29 is 9.53 Å². The average molecular weight is 270 g/mol. The maximum atomic E-state index is 11.9. The summed E-state index contributed by atoms with van der Waals surface area (Å²) in [5.41, 5.74) is 3.15. The molecule has 1 N–H and O–H groups in total. The van der Waals surface area contributed by atoms with Gasteiger partial charge in [0.15, 0.2) is 5.78 Å². The van der Waals surface area contributed by atoms with Crippen LogP contribution in [0.4, 0.5) is 0 Å². The Morgan fingerprint density at radius 2 is 2.25 bits per heavy atom. The number of H-pyrrole nitrogens is 1. The molecule has 0 aliphatic heterocycles. The monoisotopic (exact) mass is 270 g/mol. The number of aromatic nitrogens is 2. The third-order valence-electron chi connectivity index (χ3n) is 3.83. The number of nitrogens with one attached hydrogen (secondary N) is 1. The number of rotatable bonds is 4. The highest BCUT2D eigenvalue weighted by Crippen LogP contribution is 2.30. The lowest BCUT2D eigenvalue weighted by Gasteiger charge is -2.19. The molecule has 0 bridgehead atoms. The number of hydrogen-bond acceptors (Lipinski definition) is 3. The van der Waals surface area contributed by atoms with Crippen molar-refractivity contribution in [2.75, 3.05) is 6.61 Å². The zero-order chi connectivity index (χ0) is 13.9. The van der Waals surface area contributed by atoms with Gasteiger partial charge in [-0.15, -0.1) is 0 Å². The van der Waals surface area contributed by atoms with Crippen LogP contribution in [0.1, 0.15) is 40.2 Å². The van der Waals surface area contributed by atoms with Crippen LogP contribution in [0.15, 0.2) is 24.5 Å². The van der Waals surface area contributed by atoms with E-state index in [0.717, 1.165) is 47.5 Å². The molecule has 0 fully saturated rings. The van der Waals surface area contributed by atoms with E-state index in [1.54, 1.807) is 6.20 Å². The molecule has 4 nitrogen and oxygen atoms in total.